The highest BCUT2D eigenvalue weighted by Gasteiger charge is 2.32. The summed E-state index contributed by atoms with van der Waals surface area (Å²) in [6.07, 6.45) is 1.24. The second-order valence-corrected chi connectivity index (χ2v) is 10.6. The van der Waals surface area contributed by atoms with Crippen molar-refractivity contribution in [2.45, 2.75) is 30.9 Å². The molecule has 1 fully saturated rings. The van der Waals surface area contributed by atoms with Gasteiger partial charge in [0.05, 0.1) is 11.0 Å². The lowest BCUT2D eigenvalue weighted by molar-refractivity contribution is 0.243. The van der Waals surface area contributed by atoms with Gasteiger partial charge in [0.1, 0.15) is 34.7 Å². The second kappa shape index (κ2) is 9.75. The monoisotopic (exact) mass is 497 g/mol. The quantitative estimate of drug-likeness (QED) is 0.361. The van der Waals surface area contributed by atoms with E-state index in [9.17, 15) is 17.2 Å². The molecule has 6 nitrogen and oxygen atoms in total. The van der Waals surface area contributed by atoms with Crippen LogP contribution in [-0.2, 0) is 23.2 Å². The third kappa shape index (κ3) is 4.92. The van der Waals surface area contributed by atoms with Crippen molar-refractivity contribution in [3.05, 3.63) is 90.3 Å². The van der Waals surface area contributed by atoms with Crippen molar-refractivity contribution in [3.63, 3.8) is 0 Å². The Kier molecular flexibility index (Phi) is 6.53. The highest BCUT2D eigenvalue weighted by Crippen LogP contribution is 2.28. The number of nitrogens with zero attached hydrogens (tertiary/aromatic N) is 3. The van der Waals surface area contributed by atoms with Crippen molar-refractivity contribution in [2.75, 3.05) is 13.1 Å². The van der Waals surface area contributed by atoms with Crippen molar-refractivity contribution in [3.8, 4) is 5.75 Å². The number of aromatic nitrogens is 2. The van der Waals surface area contributed by atoms with Crippen LogP contribution in [0.4, 0.5) is 8.78 Å². The summed E-state index contributed by atoms with van der Waals surface area (Å²) in [5.74, 6) is -0.0939. The van der Waals surface area contributed by atoms with Crippen LogP contribution in [0.3, 0.4) is 0 Å². The maximum atomic E-state index is 14.1. The van der Waals surface area contributed by atoms with E-state index < -0.39 is 26.6 Å². The van der Waals surface area contributed by atoms with Gasteiger partial charge in [-0.1, -0.05) is 30.3 Å². The van der Waals surface area contributed by atoms with Crippen LogP contribution in [0, 0.1) is 17.6 Å². The van der Waals surface area contributed by atoms with Gasteiger partial charge in [0.25, 0.3) is 0 Å². The van der Waals surface area contributed by atoms with Crippen LogP contribution in [0.15, 0.2) is 77.7 Å². The molecule has 1 aliphatic rings. The molecule has 4 aromatic rings. The molecule has 0 atom stereocenters. The highest BCUT2D eigenvalue weighted by molar-refractivity contribution is 7.89. The van der Waals surface area contributed by atoms with Crippen LogP contribution >= 0.6 is 0 Å². The summed E-state index contributed by atoms with van der Waals surface area (Å²) >= 11 is 0. The second-order valence-electron chi connectivity index (χ2n) is 8.65. The minimum Gasteiger partial charge on any atom is -0.486 e. The fourth-order valence-corrected chi connectivity index (χ4v) is 6.03. The SMILES string of the molecule is O=S(=O)(c1ccc(F)cc1F)N1CCC(Cn2c(COc3ccccc3)nc3ccccc32)CC1. The van der Waals surface area contributed by atoms with E-state index in [1.54, 1.807) is 0 Å². The van der Waals surface area contributed by atoms with E-state index >= 15 is 0 Å². The Morgan fingerprint density at radius 3 is 2.40 bits per heavy atom. The first-order valence-electron chi connectivity index (χ1n) is 11.5. The Balaban J connectivity index is 1.30. The van der Waals surface area contributed by atoms with E-state index in [0.29, 0.717) is 32.1 Å². The van der Waals surface area contributed by atoms with E-state index in [0.717, 1.165) is 34.7 Å². The topological polar surface area (TPSA) is 64.4 Å². The molecule has 2 heterocycles. The standard InChI is InChI=1S/C26H25F2N3O3S/c27-20-10-11-25(22(28)16-20)35(32,33)30-14-12-19(13-15-30)17-31-24-9-5-4-8-23(24)29-26(31)18-34-21-6-2-1-3-7-21/h1-11,16,19H,12-15,17-18H2. The largest absolute Gasteiger partial charge is 0.486 e. The summed E-state index contributed by atoms with van der Waals surface area (Å²) < 4.78 is 62.6. The van der Waals surface area contributed by atoms with Crippen LogP contribution < -0.4 is 4.74 Å². The molecule has 0 N–H and O–H groups in total. The minimum absolute atomic E-state index is 0.215. The van der Waals surface area contributed by atoms with Gasteiger partial charge in [0.15, 0.2) is 0 Å². The maximum Gasteiger partial charge on any atom is 0.245 e. The predicted molar refractivity (Wildman–Crippen MR) is 128 cm³/mol. The maximum absolute atomic E-state index is 14.1. The van der Waals surface area contributed by atoms with Crippen molar-refractivity contribution < 1.29 is 21.9 Å². The van der Waals surface area contributed by atoms with Crippen LogP contribution in [0.2, 0.25) is 0 Å². The average Bonchev–Trinajstić information content (AvgIpc) is 3.21. The molecule has 0 radical (unpaired) electrons. The molecule has 0 bridgehead atoms. The molecule has 0 unspecified atom stereocenters. The molecule has 35 heavy (non-hydrogen) atoms. The third-order valence-corrected chi connectivity index (χ3v) is 8.30. The summed E-state index contributed by atoms with van der Waals surface area (Å²) in [6.45, 7) is 1.53. The van der Waals surface area contributed by atoms with Gasteiger partial charge in [-0.3, -0.25) is 0 Å². The molecular formula is C26H25F2N3O3S. The smallest absolute Gasteiger partial charge is 0.245 e. The predicted octanol–water partition coefficient (Wildman–Crippen LogP) is 4.99. The number of fused-ring (bicyclic) bond motifs is 1. The average molecular weight is 498 g/mol. The van der Waals surface area contributed by atoms with Crippen molar-refractivity contribution in [2.24, 2.45) is 5.92 Å². The Labute approximate surface area is 202 Å². The fraction of sp³-hybridized carbons (Fsp3) is 0.269. The fourth-order valence-electron chi connectivity index (χ4n) is 4.52. The van der Waals surface area contributed by atoms with E-state index in [4.69, 9.17) is 9.72 Å². The van der Waals surface area contributed by atoms with Crippen molar-refractivity contribution >= 4 is 21.1 Å². The summed E-state index contributed by atoms with van der Waals surface area (Å²) in [5, 5.41) is 0. The van der Waals surface area contributed by atoms with Gasteiger partial charge in [-0.05, 0) is 55.2 Å². The Morgan fingerprint density at radius 1 is 0.943 bits per heavy atom. The molecule has 3 aromatic carbocycles. The van der Waals surface area contributed by atoms with Gasteiger partial charge in [-0.2, -0.15) is 4.31 Å². The number of imidazole rings is 1. The molecule has 9 heteroatoms. The third-order valence-electron chi connectivity index (χ3n) is 6.37. The number of para-hydroxylation sites is 3. The van der Waals surface area contributed by atoms with Gasteiger partial charge in [0, 0.05) is 25.7 Å². The summed E-state index contributed by atoms with van der Waals surface area (Å²) in [7, 11) is -4.02. The lowest BCUT2D eigenvalue weighted by Gasteiger charge is -2.31. The molecule has 1 aromatic heterocycles. The van der Waals surface area contributed by atoms with Gasteiger partial charge in [-0.15, -0.1) is 0 Å². The Morgan fingerprint density at radius 2 is 1.66 bits per heavy atom. The molecule has 0 spiro atoms. The molecular weight excluding hydrogens is 472 g/mol. The normalized spacial score (nSPS) is 15.5. The summed E-state index contributed by atoms with van der Waals surface area (Å²) in [6, 6.07) is 20.0. The molecule has 1 aliphatic heterocycles. The lowest BCUT2D eigenvalue weighted by atomic mass is 9.98. The zero-order valence-corrected chi connectivity index (χ0v) is 19.8. The first-order chi connectivity index (χ1) is 16.9. The Hall–Kier alpha value is -3.30. The van der Waals surface area contributed by atoms with E-state index in [1.807, 2.05) is 54.6 Å². The van der Waals surface area contributed by atoms with Crippen LogP contribution in [0.1, 0.15) is 18.7 Å². The first kappa shape index (κ1) is 23.4. The van der Waals surface area contributed by atoms with E-state index in [2.05, 4.69) is 4.57 Å². The summed E-state index contributed by atoms with van der Waals surface area (Å²) in [5.41, 5.74) is 1.88. The zero-order chi connectivity index (χ0) is 24.4. The number of halogens is 2. The minimum atomic E-state index is -4.02. The molecule has 0 amide bonds. The van der Waals surface area contributed by atoms with Crippen LogP contribution in [-0.4, -0.2) is 35.4 Å². The van der Waals surface area contributed by atoms with E-state index in [-0.39, 0.29) is 19.0 Å². The molecule has 182 valence electrons. The van der Waals surface area contributed by atoms with Gasteiger partial charge in [0.2, 0.25) is 10.0 Å². The Bertz CT molecular complexity index is 1430. The number of hydrogen-bond acceptors (Lipinski definition) is 4. The molecule has 0 saturated carbocycles. The number of piperidine rings is 1. The van der Waals surface area contributed by atoms with E-state index in [1.165, 1.54) is 4.31 Å². The van der Waals surface area contributed by atoms with Gasteiger partial charge < -0.3 is 9.30 Å². The summed E-state index contributed by atoms with van der Waals surface area (Å²) in [4.78, 5) is 4.28. The number of benzene rings is 3. The number of rotatable bonds is 7. The molecule has 0 aliphatic carbocycles. The number of hydrogen-bond donors (Lipinski definition) is 0. The number of sulfonamides is 1. The van der Waals surface area contributed by atoms with Crippen LogP contribution in [0.25, 0.3) is 11.0 Å². The number of ether oxygens (including phenoxy) is 1. The molecule has 1 saturated heterocycles. The highest BCUT2D eigenvalue weighted by atomic mass is 32.2. The van der Waals surface area contributed by atoms with Crippen LogP contribution in [0.5, 0.6) is 5.75 Å². The first-order valence-corrected chi connectivity index (χ1v) is 12.9. The van der Waals surface area contributed by atoms with Gasteiger partial charge in [-0.25, -0.2) is 22.2 Å². The van der Waals surface area contributed by atoms with Crippen molar-refractivity contribution in [1.82, 2.24) is 13.9 Å². The van der Waals surface area contributed by atoms with Crippen molar-refractivity contribution in [1.29, 1.82) is 0 Å². The lowest BCUT2D eigenvalue weighted by Crippen LogP contribution is -2.39. The van der Waals surface area contributed by atoms with Gasteiger partial charge >= 0.3 is 0 Å². The zero-order valence-electron chi connectivity index (χ0n) is 19.0. The molecule has 5 rings (SSSR count).